The molecule has 1 N–H and O–H groups in total. The van der Waals surface area contributed by atoms with Gasteiger partial charge < -0.3 is 5.32 Å². The lowest BCUT2D eigenvalue weighted by molar-refractivity contribution is 0.363. The van der Waals surface area contributed by atoms with Crippen LogP contribution in [0.3, 0.4) is 0 Å². The quantitative estimate of drug-likeness (QED) is 0.892. The zero-order valence-electron chi connectivity index (χ0n) is 11.0. The smallest absolute Gasteiger partial charge is 0.254 e. The van der Waals surface area contributed by atoms with E-state index < -0.39 is 10.0 Å². The molecule has 0 bridgehead atoms. The average molecular weight is 301 g/mol. The summed E-state index contributed by atoms with van der Waals surface area (Å²) in [5, 5.41) is 4.18. The molecule has 1 aliphatic heterocycles. The summed E-state index contributed by atoms with van der Waals surface area (Å²) in [6.07, 6.45) is 5.68. The Labute approximate surface area is 118 Å². The van der Waals surface area contributed by atoms with Crippen LogP contribution in [0.15, 0.2) is 10.4 Å². The molecular formula is C12H19N3O2S2. The molecule has 2 heterocycles. The molecule has 19 heavy (non-hydrogen) atoms. The van der Waals surface area contributed by atoms with Gasteiger partial charge in [-0.15, -0.1) is 11.3 Å². The minimum atomic E-state index is -3.36. The number of nitrogens with zero attached hydrogens (tertiary/aromatic N) is 2. The van der Waals surface area contributed by atoms with Crippen LogP contribution in [0.1, 0.15) is 30.7 Å². The zero-order chi connectivity index (χ0) is 13.5. The van der Waals surface area contributed by atoms with Gasteiger partial charge in [0.25, 0.3) is 10.0 Å². The van der Waals surface area contributed by atoms with Gasteiger partial charge >= 0.3 is 0 Å². The summed E-state index contributed by atoms with van der Waals surface area (Å²) in [7, 11) is -3.36. The Bertz CT molecular complexity index is 545. The molecule has 1 aliphatic carbocycles. The standard InChI is InChI=1S/C12H19N3O2S2/c1-9-14-7-12(18-9)19(16,17)15(11-4-5-11)8-10-3-2-6-13-10/h7,10-11,13H,2-6,8H2,1H3. The maximum Gasteiger partial charge on any atom is 0.254 e. The fraction of sp³-hybridized carbons (Fsp3) is 0.750. The van der Waals surface area contributed by atoms with E-state index in [9.17, 15) is 8.42 Å². The molecule has 0 aromatic carbocycles. The van der Waals surface area contributed by atoms with E-state index in [2.05, 4.69) is 10.3 Å². The Morgan fingerprint density at radius 1 is 1.47 bits per heavy atom. The Morgan fingerprint density at radius 3 is 2.79 bits per heavy atom. The van der Waals surface area contributed by atoms with Crippen LogP contribution in [-0.4, -0.2) is 42.9 Å². The number of thiazole rings is 1. The van der Waals surface area contributed by atoms with Crippen molar-refractivity contribution in [2.24, 2.45) is 0 Å². The van der Waals surface area contributed by atoms with Crippen LogP contribution in [0.25, 0.3) is 0 Å². The summed E-state index contributed by atoms with van der Waals surface area (Å²) in [5.74, 6) is 0. The minimum Gasteiger partial charge on any atom is -0.313 e. The number of hydrogen-bond donors (Lipinski definition) is 1. The summed E-state index contributed by atoms with van der Waals surface area (Å²) in [6.45, 7) is 3.44. The highest BCUT2D eigenvalue weighted by Gasteiger charge is 2.40. The molecule has 3 rings (SSSR count). The van der Waals surface area contributed by atoms with Gasteiger partial charge in [-0.25, -0.2) is 13.4 Å². The number of rotatable bonds is 5. The largest absolute Gasteiger partial charge is 0.313 e. The number of nitrogens with one attached hydrogen (secondary N) is 1. The van der Waals surface area contributed by atoms with Gasteiger partial charge in [-0.1, -0.05) is 0 Å². The molecule has 0 amide bonds. The summed E-state index contributed by atoms with van der Waals surface area (Å²) in [6, 6.07) is 0.513. The van der Waals surface area contributed by atoms with Crippen molar-refractivity contribution in [2.75, 3.05) is 13.1 Å². The van der Waals surface area contributed by atoms with Gasteiger partial charge in [0.15, 0.2) is 4.21 Å². The van der Waals surface area contributed by atoms with Gasteiger partial charge in [-0.3, -0.25) is 0 Å². The average Bonchev–Trinajstić information content (AvgIpc) is 2.88. The van der Waals surface area contributed by atoms with E-state index in [1.165, 1.54) is 17.5 Å². The van der Waals surface area contributed by atoms with Crippen LogP contribution in [0.4, 0.5) is 0 Å². The highest BCUT2D eigenvalue weighted by molar-refractivity contribution is 7.91. The van der Waals surface area contributed by atoms with Crippen LogP contribution < -0.4 is 5.32 Å². The first kappa shape index (κ1) is 13.5. The second kappa shape index (κ2) is 5.12. The molecular weight excluding hydrogens is 282 g/mol. The van der Waals surface area contributed by atoms with E-state index in [1.807, 2.05) is 6.92 Å². The first-order valence-corrected chi connectivity index (χ1v) is 9.00. The highest BCUT2D eigenvalue weighted by Crippen LogP contribution is 2.34. The Morgan fingerprint density at radius 2 is 2.26 bits per heavy atom. The van der Waals surface area contributed by atoms with E-state index in [1.54, 1.807) is 4.31 Å². The monoisotopic (exact) mass is 301 g/mol. The Hall–Kier alpha value is -0.500. The lowest BCUT2D eigenvalue weighted by Gasteiger charge is -2.24. The molecule has 0 spiro atoms. The lowest BCUT2D eigenvalue weighted by atomic mass is 10.2. The molecule has 0 radical (unpaired) electrons. The molecule has 7 heteroatoms. The van der Waals surface area contributed by atoms with Crippen molar-refractivity contribution in [2.45, 2.75) is 48.9 Å². The molecule has 1 saturated heterocycles. The number of hydrogen-bond acceptors (Lipinski definition) is 5. The minimum absolute atomic E-state index is 0.204. The SMILES string of the molecule is Cc1ncc(S(=O)(=O)N(CC2CCCN2)C2CC2)s1. The number of aryl methyl sites for hydroxylation is 1. The molecule has 1 atom stereocenters. The van der Waals surface area contributed by atoms with Crippen LogP contribution >= 0.6 is 11.3 Å². The highest BCUT2D eigenvalue weighted by atomic mass is 32.2. The van der Waals surface area contributed by atoms with Crippen LogP contribution in [0.5, 0.6) is 0 Å². The summed E-state index contributed by atoms with van der Waals surface area (Å²) in [5.41, 5.74) is 0. The van der Waals surface area contributed by atoms with Gasteiger partial charge in [-0.2, -0.15) is 4.31 Å². The van der Waals surface area contributed by atoms with Gasteiger partial charge in [0.2, 0.25) is 0 Å². The summed E-state index contributed by atoms with van der Waals surface area (Å²) in [4.78, 5) is 4.07. The van der Waals surface area contributed by atoms with Gasteiger partial charge in [0.1, 0.15) is 0 Å². The van der Waals surface area contributed by atoms with E-state index in [-0.39, 0.29) is 6.04 Å². The first-order valence-electron chi connectivity index (χ1n) is 6.75. The maximum atomic E-state index is 12.7. The van der Waals surface area contributed by atoms with Gasteiger partial charge in [0, 0.05) is 18.6 Å². The lowest BCUT2D eigenvalue weighted by Crippen LogP contribution is -2.42. The summed E-state index contributed by atoms with van der Waals surface area (Å²) < 4.78 is 27.4. The van der Waals surface area contributed by atoms with E-state index in [0.717, 1.165) is 37.2 Å². The van der Waals surface area contributed by atoms with Crippen molar-refractivity contribution >= 4 is 21.4 Å². The van der Waals surface area contributed by atoms with Crippen molar-refractivity contribution in [3.8, 4) is 0 Å². The first-order chi connectivity index (χ1) is 9.07. The van der Waals surface area contributed by atoms with Crippen LogP contribution in [-0.2, 0) is 10.0 Å². The van der Waals surface area contributed by atoms with E-state index >= 15 is 0 Å². The molecule has 1 aromatic heterocycles. The zero-order valence-corrected chi connectivity index (χ0v) is 12.6. The van der Waals surface area contributed by atoms with Crippen LogP contribution in [0.2, 0.25) is 0 Å². The molecule has 1 saturated carbocycles. The Kier molecular flexibility index (Phi) is 3.63. The summed E-state index contributed by atoms with van der Waals surface area (Å²) >= 11 is 1.26. The van der Waals surface area contributed by atoms with Crippen molar-refractivity contribution < 1.29 is 8.42 Å². The van der Waals surface area contributed by atoms with E-state index in [0.29, 0.717) is 16.8 Å². The predicted octanol–water partition coefficient (Wildman–Crippen LogP) is 1.36. The van der Waals surface area contributed by atoms with Gasteiger partial charge in [0.05, 0.1) is 11.2 Å². The van der Waals surface area contributed by atoms with Crippen molar-refractivity contribution in [3.63, 3.8) is 0 Å². The van der Waals surface area contributed by atoms with Crippen molar-refractivity contribution in [1.29, 1.82) is 0 Å². The second-order valence-corrected chi connectivity index (χ2v) is 8.65. The van der Waals surface area contributed by atoms with Crippen LogP contribution in [0, 0.1) is 6.92 Å². The van der Waals surface area contributed by atoms with Crippen molar-refractivity contribution in [1.82, 2.24) is 14.6 Å². The van der Waals surface area contributed by atoms with E-state index in [4.69, 9.17) is 0 Å². The fourth-order valence-electron chi connectivity index (χ4n) is 2.51. The molecule has 1 unspecified atom stereocenters. The number of aromatic nitrogens is 1. The molecule has 1 aromatic rings. The molecule has 106 valence electrons. The topological polar surface area (TPSA) is 62.3 Å². The molecule has 5 nitrogen and oxygen atoms in total. The third kappa shape index (κ3) is 2.84. The third-order valence-corrected chi connectivity index (χ3v) is 6.95. The second-order valence-electron chi connectivity index (χ2n) is 5.30. The third-order valence-electron chi connectivity index (χ3n) is 3.68. The number of sulfonamides is 1. The molecule has 2 aliphatic rings. The van der Waals surface area contributed by atoms with Gasteiger partial charge in [-0.05, 0) is 39.2 Å². The molecule has 2 fully saturated rings. The fourth-order valence-corrected chi connectivity index (χ4v) is 5.48. The Balaban J connectivity index is 1.82. The maximum absolute atomic E-state index is 12.7. The predicted molar refractivity (Wildman–Crippen MR) is 74.8 cm³/mol. The normalized spacial score (nSPS) is 24.2. The van der Waals surface area contributed by atoms with Crippen molar-refractivity contribution in [3.05, 3.63) is 11.2 Å².